The van der Waals surface area contributed by atoms with Crippen LogP contribution in [-0.4, -0.2) is 59.5 Å². The van der Waals surface area contributed by atoms with E-state index >= 15 is 0 Å². The minimum atomic E-state index is -1.31. The zero-order valence-electron chi connectivity index (χ0n) is 17.0. The number of carbonyl (C=O) groups excluding carboxylic acids is 1. The van der Waals surface area contributed by atoms with E-state index in [1.165, 1.54) is 18.3 Å². The van der Waals surface area contributed by atoms with E-state index in [1.54, 1.807) is 12.1 Å². The average molecular weight is 459 g/mol. The molecule has 0 unspecified atom stereocenters. The Morgan fingerprint density at radius 1 is 1.12 bits per heavy atom. The van der Waals surface area contributed by atoms with Gasteiger partial charge in [-0.1, -0.05) is 0 Å². The van der Waals surface area contributed by atoms with E-state index in [-0.39, 0.29) is 47.5 Å². The number of nitrogens with zero attached hydrogens (tertiary/aromatic N) is 3. The van der Waals surface area contributed by atoms with Crippen LogP contribution in [-0.2, 0) is 16.1 Å². The summed E-state index contributed by atoms with van der Waals surface area (Å²) in [5.41, 5.74) is 6.47. The van der Waals surface area contributed by atoms with Gasteiger partial charge in [-0.25, -0.2) is 14.8 Å². The van der Waals surface area contributed by atoms with Crippen LogP contribution in [0.1, 0.15) is 28.9 Å². The number of aliphatic carboxylic acids is 2. The third-order valence-electron chi connectivity index (χ3n) is 4.36. The fourth-order valence-electron chi connectivity index (χ4n) is 2.76. The van der Waals surface area contributed by atoms with Crippen molar-refractivity contribution in [2.24, 2.45) is 0 Å². The van der Waals surface area contributed by atoms with Gasteiger partial charge in [0.2, 0.25) is 5.95 Å². The van der Waals surface area contributed by atoms with Crippen LogP contribution >= 0.6 is 0 Å². The quantitative estimate of drug-likeness (QED) is 0.229. The Balaban J connectivity index is 0.00000385. The molecule has 1 aromatic carbocycles. The number of benzene rings is 1. The molecular weight excluding hydrogens is 438 g/mol. The molecule has 1 atom stereocenters. The number of rotatable bonds is 9. The zero-order chi connectivity index (χ0) is 23.3. The number of nitrogens with one attached hydrogen (secondary N) is 3. The van der Waals surface area contributed by atoms with Crippen molar-refractivity contribution >= 4 is 40.6 Å². The first-order chi connectivity index (χ1) is 15.2. The second-order valence-electron chi connectivity index (χ2n) is 6.71. The summed E-state index contributed by atoms with van der Waals surface area (Å²) in [5, 5.41) is 23.2. The molecule has 1 amide bonds. The van der Waals surface area contributed by atoms with Crippen LogP contribution < -0.4 is 21.9 Å². The number of carboxylic acids is 2. The lowest BCUT2D eigenvalue weighted by Crippen LogP contribution is -2.41. The van der Waals surface area contributed by atoms with E-state index in [9.17, 15) is 19.2 Å². The predicted molar refractivity (Wildman–Crippen MR) is 116 cm³/mol. The van der Waals surface area contributed by atoms with E-state index in [1.807, 2.05) is 0 Å². The van der Waals surface area contributed by atoms with Gasteiger partial charge in [0.05, 0.1) is 18.4 Å². The fraction of sp³-hybridized carbons (Fsp3) is 0.211. The second-order valence-corrected chi connectivity index (χ2v) is 6.71. The number of carbonyl (C=O) groups is 3. The van der Waals surface area contributed by atoms with Gasteiger partial charge in [0.1, 0.15) is 6.04 Å². The van der Waals surface area contributed by atoms with Crippen LogP contribution in [0.15, 0.2) is 35.3 Å². The maximum Gasteiger partial charge on any atom is 0.326 e. The van der Waals surface area contributed by atoms with Gasteiger partial charge in [-0.05, 0) is 30.7 Å². The molecule has 0 aliphatic carbocycles. The highest BCUT2D eigenvalue weighted by atomic mass is 16.4. The first-order valence-electron chi connectivity index (χ1n) is 9.33. The van der Waals surface area contributed by atoms with Gasteiger partial charge < -0.3 is 37.0 Å². The molecule has 174 valence electrons. The molecular formula is C19H21N7O7. The predicted octanol–water partition coefficient (Wildman–Crippen LogP) is -0.869. The average Bonchev–Trinajstić information content (AvgIpc) is 2.75. The molecule has 2 heterocycles. The summed E-state index contributed by atoms with van der Waals surface area (Å²) >= 11 is 0. The summed E-state index contributed by atoms with van der Waals surface area (Å²) in [5.74, 6) is -3.16. The lowest BCUT2D eigenvalue weighted by molar-refractivity contribution is -0.140. The van der Waals surface area contributed by atoms with Crippen molar-refractivity contribution in [3.8, 4) is 0 Å². The number of fused-ring (bicyclic) bond motifs is 1. The highest BCUT2D eigenvalue weighted by Crippen LogP contribution is 2.12. The van der Waals surface area contributed by atoms with Crippen molar-refractivity contribution in [2.75, 3.05) is 11.1 Å². The number of aromatic amines is 1. The van der Waals surface area contributed by atoms with Crippen molar-refractivity contribution in [1.82, 2.24) is 25.3 Å². The minimum absolute atomic E-state index is 0. The Morgan fingerprint density at radius 3 is 2.45 bits per heavy atom. The zero-order valence-corrected chi connectivity index (χ0v) is 17.0. The molecule has 0 aliphatic heterocycles. The number of anilines is 2. The van der Waals surface area contributed by atoms with Crippen LogP contribution in [0.25, 0.3) is 11.2 Å². The molecule has 33 heavy (non-hydrogen) atoms. The molecule has 0 saturated carbocycles. The third kappa shape index (κ3) is 6.44. The normalized spacial score (nSPS) is 11.3. The molecule has 3 aromatic rings. The largest absolute Gasteiger partial charge is 0.481 e. The van der Waals surface area contributed by atoms with E-state index in [2.05, 4.69) is 30.6 Å². The van der Waals surface area contributed by atoms with Crippen LogP contribution in [0.3, 0.4) is 0 Å². The maximum absolute atomic E-state index is 12.3. The van der Waals surface area contributed by atoms with Crippen LogP contribution in [0, 0.1) is 0 Å². The van der Waals surface area contributed by atoms with Gasteiger partial charge in [0.15, 0.2) is 11.2 Å². The summed E-state index contributed by atoms with van der Waals surface area (Å²) in [6, 6.07) is 4.86. The second kappa shape index (κ2) is 10.6. The Bertz CT molecular complexity index is 1230. The molecule has 0 spiro atoms. The highest BCUT2D eigenvalue weighted by Gasteiger charge is 2.21. The van der Waals surface area contributed by atoms with E-state index < -0.39 is 29.4 Å². The Labute approximate surface area is 185 Å². The number of carboxylic acid groups (broad SMARTS) is 2. The Hall–Kier alpha value is -4.59. The number of amides is 1. The maximum atomic E-state index is 12.3. The molecule has 9 N–H and O–H groups in total. The topological polar surface area (TPSA) is 245 Å². The van der Waals surface area contributed by atoms with Crippen LogP contribution in [0.5, 0.6) is 0 Å². The molecule has 0 radical (unpaired) electrons. The lowest BCUT2D eigenvalue weighted by Gasteiger charge is -2.14. The summed E-state index contributed by atoms with van der Waals surface area (Å²) < 4.78 is 0. The molecule has 0 fully saturated rings. The molecule has 0 aliphatic rings. The molecule has 0 saturated heterocycles. The van der Waals surface area contributed by atoms with E-state index in [0.717, 1.165) is 0 Å². The molecule has 2 aromatic heterocycles. The number of hydrogen-bond acceptors (Lipinski definition) is 9. The van der Waals surface area contributed by atoms with Gasteiger partial charge in [-0.2, -0.15) is 4.98 Å². The van der Waals surface area contributed by atoms with Crippen molar-refractivity contribution in [1.29, 1.82) is 0 Å². The van der Waals surface area contributed by atoms with Crippen molar-refractivity contribution < 1.29 is 30.1 Å². The lowest BCUT2D eigenvalue weighted by atomic mass is 10.1. The van der Waals surface area contributed by atoms with Gasteiger partial charge in [0.25, 0.3) is 5.91 Å². The first kappa shape index (κ1) is 24.7. The number of H-pyrrole nitrogens is 1. The first-order valence-corrected chi connectivity index (χ1v) is 9.33. The van der Waals surface area contributed by atoms with E-state index in [0.29, 0.717) is 11.4 Å². The number of nitrogens with two attached hydrogens (primary N) is 1. The Kier molecular flexibility index (Phi) is 7.95. The summed E-state index contributed by atoms with van der Waals surface area (Å²) in [6.45, 7) is 0.231. The summed E-state index contributed by atoms with van der Waals surface area (Å²) in [4.78, 5) is 60.5. The van der Waals surface area contributed by atoms with Crippen LogP contribution in [0.4, 0.5) is 11.6 Å². The van der Waals surface area contributed by atoms with Gasteiger partial charge in [-0.3, -0.25) is 14.4 Å². The summed E-state index contributed by atoms with van der Waals surface area (Å²) in [6.07, 6.45) is 0.858. The third-order valence-corrected chi connectivity index (χ3v) is 4.36. The smallest absolute Gasteiger partial charge is 0.326 e. The molecule has 14 heteroatoms. The molecule has 0 bridgehead atoms. The van der Waals surface area contributed by atoms with Gasteiger partial charge in [-0.15, -0.1) is 0 Å². The minimum Gasteiger partial charge on any atom is -0.481 e. The monoisotopic (exact) mass is 459 g/mol. The van der Waals surface area contributed by atoms with Crippen molar-refractivity contribution in [3.05, 3.63) is 52.1 Å². The van der Waals surface area contributed by atoms with Gasteiger partial charge >= 0.3 is 17.5 Å². The standard InChI is InChI=1S/C19H19N7O6.H2O/c20-19-25-15-14(17(30)26-19)23-11(8-22-15)7-21-10-3-1-9(2-4-10)16(29)24-12(18(31)32)5-6-13(27)28;/h1-4,8,12,21H,5-7H2,(H,24,29)(H,27,28)(H,31,32)(H3,20,22,25,26,30);1H2/t12-;/m0./s1. The molecule has 14 nitrogen and oxygen atoms in total. The van der Waals surface area contributed by atoms with Crippen molar-refractivity contribution in [2.45, 2.75) is 25.4 Å². The fourth-order valence-corrected chi connectivity index (χ4v) is 2.76. The van der Waals surface area contributed by atoms with Gasteiger partial charge in [0, 0.05) is 17.7 Å². The summed E-state index contributed by atoms with van der Waals surface area (Å²) in [7, 11) is 0. The van der Waals surface area contributed by atoms with Crippen LogP contribution in [0.2, 0.25) is 0 Å². The SMILES string of the molecule is Nc1nc(=O)c2nc(CNc3ccc(C(=O)N[C@@H](CCC(=O)O)C(=O)O)cc3)cnc2[nH]1.O. The number of nitrogen functional groups attached to an aromatic ring is 1. The number of hydrogen-bond donors (Lipinski definition) is 6. The Morgan fingerprint density at radius 2 is 1.82 bits per heavy atom. The van der Waals surface area contributed by atoms with Crippen molar-refractivity contribution in [3.63, 3.8) is 0 Å². The number of aromatic nitrogens is 4. The van der Waals surface area contributed by atoms with E-state index in [4.69, 9.17) is 15.9 Å². The molecule has 3 rings (SSSR count). The highest BCUT2D eigenvalue weighted by molar-refractivity contribution is 5.96.